The molecule has 26 heavy (non-hydrogen) atoms. The number of hydrogen-bond acceptors (Lipinski definition) is 4. The van der Waals surface area contributed by atoms with Crippen LogP contribution >= 0.6 is 11.3 Å². The number of rotatable bonds is 3. The first kappa shape index (κ1) is 18.3. The minimum absolute atomic E-state index is 0.0469. The van der Waals surface area contributed by atoms with Gasteiger partial charge in [-0.2, -0.15) is 0 Å². The highest BCUT2D eigenvalue weighted by Gasteiger charge is 2.17. The number of fused-ring (bicyclic) bond motifs is 1. The number of carbonyl (C=O) groups is 1. The van der Waals surface area contributed by atoms with Gasteiger partial charge in [0.05, 0.1) is 5.39 Å². The lowest BCUT2D eigenvalue weighted by Gasteiger charge is -2.14. The third-order valence-electron chi connectivity index (χ3n) is 4.72. The maximum Gasteiger partial charge on any atom is 0.263 e. The van der Waals surface area contributed by atoms with E-state index in [0.29, 0.717) is 11.2 Å². The Morgan fingerprint density at radius 1 is 1.12 bits per heavy atom. The summed E-state index contributed by atoms with van der Waals surface area (Å²) in [6, 6.07) is 4.07. The Balaban J connectivity index is 1.95. The molecule has 0 radical (unpaired) electrons. The highest BCUT2D eigenvalue weighted by molar-refractivity contribution is 7.18. The Morgan fingerprint density at radius 2 is 1.73 bits per heavy atom. The van der Waals surface area contributed by atoms with E-state index in [-0.39, 0.29) is 18.0 Å². The molecule has 1 amide bonds. The average molecular weight is 369 g/mol. The largest absolute Gasteiger partial charge is 0.324 e. The van der Waals surface area contributed by atoms with Crippen LogP contribution in [0.25, 0.3) is 10.2 Å². The highest BCUT2D eigenvalue weighted by atomic mass is 32.1. The number of thiophene rings is 1. The molecule has 2 heterocycles. The Kier molecular flexibility index (Phi) is 4.71. The Bertz CT molecular complexity index is 1070. The van der Waals surface area contributed by atoms with Gasteiger partial charge >= 0.3 is 0 Å². The van der Waals surface area contributed by atoms with Crippen LogP contribution in [0.1, 0.15) is 33.0 Å². The van der Waals surface area contributed by atoms with Gasteiger partial charge in [-0.3, -0.25) is 14.2 Å². The molecule has 0 saturated carbocycles. The minimum atomic E-state index is -0.226. The van der Waals surface area contributed by atoms with Gasteiger partial charge in [-0.1, -0.05) is 17.7 Å². The fraction of sp³-hybridized carbons (Fsp3) is 0.350. The zero-order valence-corrected chi connectivity index (χ0v) is 16.8. The van der Waals surface area contributed by atoms with Crippen molar-refractivity contribution >= 4 is 33.1 Å². The number of anilines is 1. The Morgan fingerprint density at radius 3 is 2.35 bits per heavy atom. The van der Waals surface area contributed by atoms with Crippen molar-refractivity contribution in [1.82, 2.24) is 9.55 Å². The van der Waals surface area contributed by atoms with Crippen LogP contribution in [0.3, 0.4) is 0 Å². The molecule has 0 aliphatic rings. The molecule has 1 N–H and O–H groups in total. The van der Waals surface area contributed by atoms with Gasteiger partial charge in [-0.25, -0.2) is 4.98 Å². The summed E-state index contributed by atoms with van der Waals surface area (Å²) in [4.78, 5) is 31.9. The Hall–Kier alpha value is -2.47. The van der Waals surface area contributed by atoms with Gasteiger partial charge in [0.25, 0.3) is 5.56 Å². The van der Waals surface area contributed by atoms with E-state index in [1.807, 2.05) is 46.8 Å². The molecule has 0 spiro atoms. The smallest absolute Gasteiger partial charge is 0.263 e. The number of amides is 1. The van der Waals surface area contributed by atoms with Crippen molar-refractivity contribution in [1.29, 1.82) is 0 Å². The van der Waals surface area contributed by atoms with Gasteiger partial charge in [0, 0.05) is 10.6 Å². The normalized spacial score (nSPS) is 11.2. The molecular weight excluding hydrogens is 346 g/mol. The molecular formula is C20H23N3O2S. The van der Waals surface area contributed by atoms with E-state index >= 15 is 0 Å². The van der Waals surface area contributed by atoms with Crippen LogP contribution in [0.15, 0.2) is 16.9 Å². The zero-order chi connectivity index (χ0) is 19.2. The SMILES string of the molecule is Cc1cc(C)c(NC(=O)Cn2c(C)nc3sc(C)c(C)c3c2=O)c(C)c1. The maximum atomic E-state index is 12.9. The molecule has 136 valence electrons. The van der Waals surface area contributed by atoms with Gasteiger partial charge in [-0.05, 0) is 58.2 Å². The van der Waals surface area contributed by atoms with Gasteiger partial charge in [0.2, 0.25) is 5.91 Å². The predicted molar refractivity (Wildman–Crippen MR) is 107 cm³/mol. The summed E-state index contributed by atoms with van der Waals surface area (Å²) < 4.78 is 1.45. The summed E-state index contributed by atoms with van der Waals surface area (Å²) in [6.45, 7) is 11.6. The van der Waals surface area contributed by atoms with Crippen LogP contribution in [-0.2, 0) is 11.3 Å². The van der Waals surface area contributed by atoms with Gasteiger partial charge < -0.3 is 5.32 Å². The standard InChI is InChI=1S/C20H23N3O2S/c1-10-7-11(2)18(12(3)8-10)22-16(24)9-23-15(6)21-19-17(20(23)25)13(4)14(5)26-19/h7-8H,9H2,1-6H3,(H,22,24). The lowest BCUT2D eigenvalue weighted by molar-refractivity contribution is -0.116. The number of hydrogen-bond donors (Lipinski definition) is 1. The quantitative estimate of drug-likeness (QED) is 0.760. The second-order valence-electron chi connectivity index (χ2n) is 6.84. The van der Waals surface area contributed by atoms with E-state index in [0.717, 1.165) is 37.6 Å². The van der Waals surface area contributed by atoms with Crippen molar-refractivity contribution in [3.63, 3.8) is 0 Å². The van der Waals surface area contributed by atoms with E-state index in [1.165, 1.54) is 15.9 Å². The van der Waals surface area contributed by atoms with E-state index in [4.69, 9.17) is 0 Å². The lowest BCUT2D eigenvalue weighted by Crippen LogP contribution is -2.30. The highest BCUT2D eigenvalue weighted by Crippen LogP contribution is 2.26. The molecule has 5 nitrogen and oxygen atoms in total. The van der Waals surface area contributed by atoms with Crippen molar-refractivity contribution < 1.29 is 4.79 Å². The zero-order valence-electron chi connectivity index (χ0n) is 16.0. The van der Waals surface area contributed by atoms with Gasteiger partial charge in [-0.15, -0.1) is 11.3 Å². The number of benzene rings is 1. The number of carbonyl (C=O) groups excluding carboxylic acids is 1. The molecule has 0 aliphatic carbocycles. The van der Waals surface area contributed by atoms with Crippen LogP contribution in [-0.4, -0.2) is 15.5 Å². The number of nitrogens with one attached hydrogen (secondary N) is 1. The van der Waals surface area contributed by atoms with Crippen molar-refractivity contribution in [2.24, 2.45) is 0 Å². The number of aromatic nitrogens is 2. The molecule has 0 unspecified atom stereocenters. The molecule has 3 rings (SSSR count). The summed E-state index contributed by atoms with van der Waals surface area (Å²) in [5.41, 5.74) is 4.78. The first-order chi connectivity index (χ1) is 12.2. The summed E-state index contributed by atoms with van der Waals surface area (Å²) in [5, 5.41) is 3.57. The molecule has 0 atom stereocenters. The van der Waals surface area contributed by atoms with Crippen molar-refractivity contribution in [3.05, 3.63) is 55.4 Å². The molecule has 0 fully saturated rings. The minimum Gasteiger partial charge on any atom is -0.324 e. The van der Waals surface area contributed by atoms with Crippen molar-refractivity contribution in [3.8, 4) is 0 Å². The summed E-state index contributed by atoms with van der Waals surface area (Å²) in [5.74, 6) is 0.326. The lowest BCUT2D eigenvalue weighted by atomic mass is 10.1. The van der Waals surface area contributed by atoms with Crippen LogP contribution in [0.2, 0.25) is 0 Å². The van der Waals surface area contributed by atoms with E-state index in [9.17, 15) is 9.59 Å². The third kappa shape index (κ3) is 3.17. The van der Waals surface area contributed by atoms with Gasteiger partial charge in [0.1, 0.15) is 17.2 Å². The summed E-state index contributed by atoms with van der Waals surface area (Å²) >= 11 is 1.52. The van der Waals surface area contributed by atoms with Crippen molar-refractivity contribution in [2.75, 3.05) is 5.32 Å². The second-order valence-corrected chi connectivity index (χ2v) is 8.04. The number of nitrogens with zero attached hydrogens (tertiary/aromatic N) is 2. The molecule has 0 saturated heterocycles. The first-order valence-corrected chi connectivity index (χ1v) is 9.35. The van der Waals surface area contributed by atoms with Crippen LogP contribution in [0.4, 0.5) is 5.69 Å². The van der Waals surface area contributed by atoms with E-state index < -0.39 is 0 Å². The molecule has 3 aromatic rings. The van der Waals surface area contributed by atoms with Crippen LogP contribution in [0.5, 0.6) is 0 Å². The van der Waals surface area contributed by atoms with Gasteiger partial charge in [0.15, 0.2) is 0 Å². The molecule has 2 aromatic heterocycles. The Labute approximate surface area is 156 Å². The fourth-order valence-corrected chi connectivity index (χ4v) is 4.38. The fourth-order valence-electron chi connectivity index (χ4n) is 3.31. The molecule has 1 aromatic carbocycles. The molecule has 0 bridgehead atoms. The average Bonchev–Trinajstić information content (AvgIpc) is 2.81. The molecule has 6 heteroatoms. The monoisotopic (exact) mass is 369 g/mol. The van der Waals surface area contributed by atoms with Crippen LogP contribution in [0, 0.1) is 41.5 Å². The second kappa shape index (κ2) is 6.68. The van der Waals surface area contributed by atoms with E-state index in [1.54, 1.807) is 6.92 Å². The topological polar surface area (TPSA) is 64.0 Å². The maximum absolute atomic E-state index is 12.9. The first-order valence-electron chi connectivity index (χ1n) is 8.54. The third-order valence-corrected chi connectivity index (χ3v) is 5.82. The number of aryl methyl sites for hydroxylation is 6. The van der Waals surface area contributed by atoms with Crippen LogP contribution < -0.4 is 10.9 Å². The summed E-state index contributed by atoms with van der Waals surface area (Å²) in [7, 11) is 0. The predicted octanol–water partition coefficient (Wildman–Crippen LogP) is 3.95. The van der Waals surface area contributed by atoms with E-state index in [2.05, 4.69) is 10.3 Å². The molecule has 0 aliphatic heterocycles. The summed E-state index contributed by atoms with van der Waals surface area (Å²) in [6.07, 6.45) is 0. The van der Waals surface area contributed by atoms with Crippen molar-refractivity contribution in [2.45, 2.75) is 48.1 Å².